The summed E-state index contributed by atoms with van der Waals surface area (Å²) in [6.07, 6.45) is 4.92. The summed E-state index contributed by atoms with van der Waals surface area (Å²) in [7, 11) is 0. The van der Waals surface area contributed by atoms with Gasteiger partial charge in [0.05, 0.1) is 12.1 Å². The molecule has 2 N–H and O–H groups in total. The molecule has 0 aliphatic carbocycles. The third kappa shape index (κ3) is 9.05. The minimum Gasteiger partial charge on any atom is -0.391 e. The molecule has 0 aliphatic rings. The van der Waals surface area contributed by atoms with Gasteiger partial charge in [0.15, 0.2) is 0 Å². The maximum Gasteiger partial charge on any atom is 0.0749 e. The third-order valence-corrected chi connectivity index (χ3v) is 2.71. The molecular weight excluding hydrogens is 228 g/mol. The molecule has 0 heterocycles. The maximum absolute atomic E-state index is 9.96. The molecule has 0 radical (unpaired) electrons. The van der Waals surface area contributed by atoms with Gasteiger partial charge in [0, 0.05) is 11.5 Å². The summed E-state index contributed by atoms with van der Waals surface area (Å²) in [5.41, 5.74) is 8.51. The maximum atomic E-state index is 9.96. The van der Waals surface area contributed by atoms with E-state index in [2.05, 4.69) is 35.8 Å². The van der Waals surface area contributed by atoms with Gasteiger partial charge >= 0.3 is 0 Å². The number of aliphatic hydroxyl groups is 1. The fourth-order valence-electron chi connectivity index (χ4n) is 1.69. The first kappa shape index (κ1) is 17.0. The molecule has 104 valence electrons. The minimum atomic E-state index is -0.608. The lowest BCUT2D eigenvalue weighted by Crippen LogP contribution is -2.36. The van der Waals surface area contributed by atoms with Crippen LogP contribution in [0.5, 0.6) is 0 Å². The van der Waals surface area contributed by atoms with Gasteiger partial charge in [-0.1, -0.05) is 31.5 Å². The van der Waals surface area contributed by atoms with Crippen molar-refractivity contribution < 1.29 is 5.11 Å². The second kappa shape index (κ2) is 11.1. The summed E-state index contributed by atoms with van der Waals surface area (Å²) in [6.45, 7) is 9.22. The van der Waals surface area contributed by atoms with E-state index >= 15 is 0 Å². The Kier molecular flexibility index (Phi) is 10.4. The van der Waals surface area contributed by atoms with Crippen LogP contribution in [0.4, 0.5) is 0 Å². The Balaban J connectivity index is 3.97. The van der Waals surface area contributed by atoms with Gasteiger partial charge in [-0.3, -0.25) is 0 Å². The number of hydrogen-bond donors (Lipinski definition) is 2. The smallest absolute Gasteiger partial charge is 0.0749 e. The van der Waals surface area contributed by atoms with Crippen molar-refractivity contribution in [1.29, 1.82) is 0 Å². The predicted molar refractivity (Wildman–Crippen MR) is 75.3 cm³/mol. The number of hydrogen-bond acceptors (Lipinski definition) is 3. The topological polar surface area (TPSA) is 81.0 Å². The molecule has 0 aromatic carbocycles. The van der Waals surface area contributed by atoms with Crippen LogP contribution in [0.3, 0.4) is 0 Å². The average molecular weight is 254 g/mol. The lowest BCUT2D eigenvalue weighted by atomic mass is 10.0. The van der Waals surface area contributed by atoms with E-state index in [4.69, 9.17) is 5.53 Å². The summed E-state index contributed by atoms with van der Waals surface area (Å²) >= 11 is 0. The van der Waals surface area contributed by atoms with Crippen molar-refractivity contribution >= 4 is 0 Å². The van der Waals surface area contributed by atoms with Crippen LogP contribution >= 0.6 is 0 Å². The zero-order valence-electron chi connectivity index (χ0n) is 11.5. The van der Waals surface area contributed by atoms with Gasteiger partial charge in [0.25, 0.3) is 0 Å². The Hall–Kier alpha value is -1.03. The molecule has 18 heavy (non-hydrogen) atoms. The molecule has 0 saturated carbocycles. The number of allylic oxidation sites excluding steroid dienone is 1. The van der Waals surface area contributed by atoms with Gasteiger partial charge in [-0.15, -0.1) is 6.58 Å². The molecule has 0 aliphatic heterocycles. The fraction of sp³-hybridized carbons (Fsp3) is 0.846. The third-order valence-electron chi connectivity index (χ3n) is 2.71. The van der Waals surface area contributed by atoms with E-state index in [0.717, 1.165) is 32.2 Å². The molecule has 0 bridgehead atoms. The monoisotopic (exact) mass is 254 g/mol. The molecule has 0 aromatic heterocycles. The van der Waals surface area contributed by atoms with Gasteiger partial charge in [0.1, 0.15) is 0 Å². The van der Waals surface area contributed by atoms with E-state index in [1.807, 2.05) is 6.08 Å². The number of azide groups is 1. The summed E-state index contributed by atoms with van der Waals surface area (Å²) in [5.74, 6) is 0.544. The lowest BCUT2D eigenvalue weighted by molar-refractivity contribution is 0.136. The van der Waals surface area contributed by atoms with E-state index in [1.165, 1.54) is 0 Å². The van der Waals surface area contributed by atoms with Crippen LogP contribution in [0, 0.1) is 5.92 Å². The van der Waals surface area contributed by atoms with E-state index in [9.17, 15) is 5.11 Å². The molecule has 0 spiro atoms. The highest BCUT2D eigenvalue weighted by molar-refractivity contribution is 4.78. The Morgan fingerprint density at radius 1 is 1.39 bits per heavy atom. The van der Waals surface area contributed by atoms with Crippen molar-refractivity contribution in [3.63, 3.8) is 0 Å². The van der Waals surface area contributed by atoms with Gasteiger partial charge in [0.2, 0.25) is 0 Å². The highest BCUT2D eigenvalue weighted by Crippen LogP contribution is 2.11. The first-order valence-electron chi connectivity index (χ1n) is 6.65. The molecule has 0 rings (SSSR count). The van der Waals surface area contributed by atoms with Crippen molar-refractivity contribution in [1.82, 2.24) is 5.32 Å². The van der Waals surface area contributed by atoms with Crippen molar-refractivity contribution in [3.05, 3.63) is 23.1 Å². The molecule has 0 fully saturated rings. The van der Waals surface area contributed by atoms with Crippen LogP contribution in [0.2, 0.25) is 0 Å². The van der Waals surface area contributed by atoms with Crippen LogP contribution in [-0.2, 0) is 0 Å². The van der Waals surface area contributed by atoms with Crippen LogP contribution < -0.4 is 5.32 Å². The van der Waals surface area contributed by atoms with Crippen LogP contribution in [0.15, 0.2) is 17.8 Å². The largest absolute Gasteiger partial charge is 0.391 e. The summed E-state index contributed by atoms with van der Waals surface area (Å²) in [5, 5.41) is 16.8. The van der Waals surface area contributed by atoms with Crippen molar-refractivity contribution in [2.24, 2.45) is 11.0 Å². The number of aliphatic hydroxyl groups excluding tert-OH is 1. The van der Waals surface area contributed by atoms with Gasteiger partial charge < -0.3 is 10.4 Å². The van der Waals surface area contributed by atoms with Gasteiger partial charge in [-0.05, 0) is 37.3 Å². The average Bonchev–Trinajstić information content (AvgIpc) is 2.32. The molecule has 0 aromatic rings. The Morgan fingerprint density at radius 3 is 2.67 bits per heavy atom. The highest BCUT2D eigenvalue weighted by atomic mass is 16.3. The van der Waals surface area contributed by atoms with E-state index in [0.29, 0.717) is 12.5 Å². The van der Waals surface area contributed by atoms with Crippen molar-refractivity contribution in [2.75, 3.05) is 13.1 Å². The molecule has 0 unspecified atom stereocenters. The minimum absolute atomic E-state index is 0.334. The Bertz CT molecular complexity index is 262. The number of unbranched alkanes of at least 4 members (excludes halogenated alkanes) is 2. The van der Waals surface area contributed by atoms with E-state index in [-0.39, 0.29) is 6.04 Å². The zero-order chi connectivity index (χ0) is 13.8. The first-order chi connectivity index (χ1) is 8.61. The van der Waals surface area contributed by atoms with E-state index in [1.54, 1.807) is 0 Å². The molecule has 5 nitrogen and oxygen atoms in total. The number of nitrogens with one attached hydrogen (secondary N) is 1. The predicted octanol–water partition coefficient (Wildman–Crippen LogP) is 3.02. The first-order valence-corrected chi connectivity index (χ1v) is 6.65. The molecule has 0 saturated heterocycles. The zero-order valence-corrected chi connectivity index (χ0v) is 11.5. The molecule has 2 atom stereocenters. The second-order valence-electron chi connectivity index (χ2n) is 4.96. The van der Waals surface area contributed by atoms with Gasteiger partial charge in [-0.2, -0.15) is 0 Å². The van der Waals surface area contributed by atoms with Gasteiger partial charge in [-0.25, -0.2) is 0 Å². The summed E-state index contributed by atoms with van der Waals surface area (Å²) in [6, 6.07) is -0.334. The molecule has 0 amide bonds. The Labute approximate surface area is 110 Å². The van der Waals surface area contributed by atoms with Crippen LogP contribution in [0.1, 0.15) is 39.5 Å². The van der Waals surface area contributed by atoms with E-state index < -0.39 is 6.10 Å². The summed E-state index contributed by atoms with van der Waals surface area (Å²) in [4.78, 5) is 2.82. The summed E-state index contributed by atoms with van der Waals surface area (Å²) < 4.78 is 0. The van der Waals surface area contributed by atoms with Crippen LogP contribution in [-0.4, -0.2) is 30.3 Å². The quantitative estimate of drug-likeness (QED) is 0.195. The highest BCUT2D eigenvalue weighted by Gasteiger charge is 2.16. The molecule has 5 heteroatoms. The molecular formula is C13H26N4O. The standard InChI is InChI=1S/C13H26N4O/c1-4-5-6-7-8-12(16-17-14)13(18)10-15-9-11(2)3/h4,11-13,15,18H,1,5-10H2,2-3H3/t12-,13+/m0/s1. The Morgan fingerprint density at radius 2 is 2.11 bits per heavy atom. The fourth-order valence-corrected chi connectivity index (χ4v) is 1.69. The number of nitrogens with zero attached hydrogens (tertiary/aromatic N) is 3. The van der Waals surface area contributed by atoms with Crippen LogP contribution in [0.25, 0.3) is 10.4 Å². The lowest BCUT2D eigenvalue weighted by Gasteiger charge is -2.19. The normalized spacial score (nSPS) is 14.0. The van der Waals surface area contributed by atoms with Crippen molar-refractivity contribution in [2.45, 2.75) is 51.7 Å². The van der Waals surface area contributed by atoms with Crippen molar-refractivity contribution in [3.8, 4) is 0 Å². The SMILES string of the molecule is C=CCCCC[C@H](N=[N+]=[N-])[C@H](O)CNCC(C)C. The number of rotatable bonds is 11. The second-order valence-corrected chi connectivity index (χ2v) is 4.96.